The summed E-state index contributed by atoms with van der Waals surface area (Å²) in [5.41, 5.74) is 4.17. The van der Waals surface area contributed by atoms with Gasteiger partial charge in [0.15, 0.2) is 0 Å². The summed E-state index contributed by atoms with van der Waals surface area (Å²) < 4.78 is 0. The van der Waals surface area contributed by atoms with Gasteiger partial charge < -0.3 is 10.6 Å². The lowest BCUT2D eigenvalue weighted by Gasteiger charge is -2.16. The molecule has 0 aromatic rings. The van der Waals surface area contributed by atoms with Crippen LogP contribution in [0.15, 0.2) is 47.9 Å². The zero-order chi connectivity index (χ0) is 24.8. The molecule has 2 nitrogen and oxygen atoms in total. The van der Waals surface area contributed by atoms with Crippen molar-refractivity contribution >= 4 is 0 Å². The van der Waals surface area contributed by atoms with Crippen LogP contribution in [0.3, 0.4) is 0 Å². The number of rotatable bonds is 24. The highest BCUT2D eigenvalue weighted by molar-refractivity contribution is 5.44. The largest absolute Gasteiger partial charge is 0.388 e. The summed E-state index contributed by atoms with van der Waals surface area (Å²) in [4.78, 5) is 0. The molecule has 0 aromatic heterocycles. The third-order valence-corrected chi connectivity index (χ3v) is 7.84. The van der Waals surface area contributed by atoms with Crippen LogP contribution in [0.1, 0.15) is 148 Å². The topological polar surface area (TPSA) is 24.1 Å². The summed E-state index contributed by atoms with van der Waals surface area (Å²) in [6.07, 6.45) is 39.5. The van der Waals surface area contributed by atoms with Crippen molar-refractivity contribution in [3.05, 3.63) is 47.9 Å². The van der Waals surface area contributed by atoms with E-state index in [0.29, 0.717) is 6.04 Å². The summed E-state index contributed by atoms with van der Waals surface area (Å²) in [5.74, 6) is 0. The van der Waals surface area contributed by atoms with E-state index in [1.165, 1.54) is 139 Å². The van der Waals surface area contributed by atoms with Gasteiger partial charge in [0.05, 0.1) is 6.04 Å². The highest BCUT2D eigenvalue weighted by Gasteiger charge is 2.22. The fourth-order valence-electron chi connectivity index (χ4n) is 5.50. The summed E-state index contributed by atoms with van der Waals surface area (Å²) in [6.45, 7) is 7.55. The predicted molar refractivity (Wildman–Crippen MR) is 157 cm³/mol. The minimum atomic E-state index is 0.516. The van der Waals surface area contributed by atoms with E-state index in [1.54, 1.807) is 0 Å². The molecule has 0 bridgehead atoms. The van der Waals surface area contributed by atoms with Crippen molar-refractivity contribution in [3.8, 4) is 0 Å². The standard InChI is InChI=1S/C33H58N2/c1-3-4-5-6-7-8-9-10-11-12-13-14-15-16-17-18-19-20-21-24-30(2)34-28-27-31-29-35-33-26-23-22-25-32(31)33/h22-23,25,29,33-35H,2-21,24,26-28H2,1H3. The molecule has 2 rings (SSSR count). The van der Waals surface area contributed by atoms with Crippen LogP contribution >= 0.6 is 0 Å². The molecule has 0 saturated heterocycles. The zero-order valence-electron chi connectivity index (χ0n) is 23.4. The van der Waals surface area contributed by atoms with Gasteiger partial charge >= 0.3 is 0 Å². The SMILES string of the molecule is C=C(CCCCCCCCCCCCCCCCCCCCC)NCCC1=CNC2CC=CC=C12. The molecule has 0 aromatic carbocycles. The van der Waals surface area contributed by atoms with Crippen molar-refractivity contribution in [2.75, 3.05) is 6.54 Å². The van der Waals surface area contributed by atoms with Gasteiger partial charge in [-0.1, -0.05) is 147 Å². The Morgan fingerprint density at radius 1 is 0.800 bits per heavy atom. The molecule has 0 fully saturated rings. The Morgan fingerprint density at radius 2 is 1.31 bits per heavy atom. The van der Waals surface area contributed by atoms with Crippen LogP contribution in [0, 0.1) is 0 Å². The first kappa shape index (κ1) is 29.8. The smallest absolute Gasteiger partial charge is 0.0546 e. The van der Waals surface area contributed by atoms with Gasteiger partial charge in [-0.3, -0.25) is 0 Å². The van der Waals surface area contributed by atoms with Crippen molar-refractivity contribution in [2.24, 2.45) is 0 Å². The average Bonchev–Trinajstić information content (AvgIpc) is 3.28. The highest BCUT2D eigenvalue weighted by atomic mass is 14.9. The van der Waals surface area contributed by atoms with Gasteiger partial charge in [0.1, 0.15) is 0 Å². The Labute approximate surface area is 219 Å². The van der Waals surface area contributed by atoms with Crippen LogP contribution < -0.4 is 10.6 Å². The van der Waals surface area contributed by atoms with Gasteiger partial charge in [-0.05, 0) is 36.8 Å². The minimum absolute atomic E-state index is 0.516. The second kappa shape index (κ2) is 20.7. The Kier molecular flexibility index (Phi) is 17.6. The molecule has 1 aliphatic carbocycles. The lowest BCUT2D eigenvalue weighted by molar-refractivity contribution is 0.522. The summed E-state index contributed by atoms with van der Waals surface area (Å²) >= 11 is 0. The fourth-order valence-corrected chi connectivity index (χ4v) is 5.50. The lowest BCUT2D eigenvalue weighted by Crippen LogP contribution is -2.21. The Morgan fingerprint density at radius 3 is 1.86 bits per heavy atom. The van der Waals surface area contributed by atoms with Gasteiger partial charge in [-0.25, -0.2) is 0 Å². The van der Waals surface area contributed by atoms with Crippen molar-refractivity contribution in [2.45, 2.75) is 154 Å². The maximum atomic E-state index is 4.25. The molecule has 2 heteroatoms. The number of allylic oxidation sites excluding steroid dienone is 3. The highest BCUT2D eigenvalue weighted by Crippen LogP contribution is 2.27. The van der Waals surface area contributed by atoms with Gasteiger partial charge in [-0.15, -0.1) is 0 Å². The maximum Gasteiger partial charge on any atom is 0.0546 e. The number of unbranched alkanes of at least 4 members (excludes halogenated alkanes) is 18. The molecule has 2 N–H and O–H groups in total. The Balaban J connectivity index is 1.26. The van der Waals surface area contributed by atoms with Crippen molar-refractivity contribution in [3.63, 3.8) is 0 Å². The minimum Gasteiger partial charge on any atom is -0.388 e. The average molecular weight is 483 g/mol. The Bertz CT molecular complexity index is 627. The maximum absolute atomic E-state index is 4.25. The third kappa shape index (κ3) is 14.6. The second-order valence-corrected chi connectivity index (χ2v) is 11.1. The first-order valence-electron chi connectivity index (χ1n) is 15.5. The second-order valence-electron chi connectivity index (χ2n) is 11.1. The molecule has 0 amide bonds. The van der Waals surface area contributed by atoms with Gasteiger partial charge in [0.25, 0.3) is 0 Å². The van der Waals surface area contributed by atoms with Crippen molar-refractivity contribution in [1.82, 2.24) is 10.6 Å². The molecule has 1 aliphatic heterocycles. The molecule has 0 radical (unpaired) electrons. The molecule has 1 atom stereocenters. The molecule has 0 saturated carbocycles. The van der Waals surface area contributed by atoms with Crippen LogP contribution in [-0.4, -0.2) is 12.6 Å². The van der Waals surface area contributed by atoms with Gasteiger partial charge in [0, 0.05) is 18.4 Å². The molecule has 0 spiro atoms. The van der Waals surface area contributed by atoms with E-state index in [-0.39, 0.29) is 0 Å². The van der Waals surface area contributed by atoms with Crippen LogP contribution in [0.4, 0.5) is 0 Å². The molecule has 35 heavy (non-hydrogen) atoms. The summed E-state index contributed by atoms with van der Waals surface area (Å²) in [5, 5.41) is 7.06. The predicted octanol–water partition coefficient (Wildman–Crippen LogP) is 10.0. The Hall–Kier alpha value is -1.44. The van der Waals surface area contributed by atoms with Crippen LogP contribution in [0.2, 0.25) is 0 Å². The van der Waals surface area contributed by atoms with E-state index in [0.717, 1.165) is 25.8 Å². The lowest BCUT2D eigenvalue weighted by atomic mass is 9.94. The number of nitrogens with one attached hydrogen (secondary N) is 2. The van der Waals surface area contributed by atoms with Crippen molar-refractivity contribution < 1.29 is 0 Å². The monoisotopic (exact) mass is 482 g/mol. The number of hydrogen-bond donors (Lipinski definition) is 2. The van der Waals surface area contributed by atoms with E-state index in [4.69, 9.17) is 0 Å². The van der Waals surface area contributed by atoms with Crippen molar-refractivity contribution in [1.29, 1.82) is 0 Å². The molecular weight excluding hydrogens is 424 g/mol. The molecule has 1 unspecified atom stereocenters. The molecular formula is C33H58N2. The molecule has 1 heterocycles. The van der Waals surface area contributed by atoms with Crippen LogP contribution in [-0.2, 0) is 0 Å². The van der Waals surface area contributed by atoms with Gasteiger partial charge in [-0.2, -0.15) is 0 Å². The number of fused-ring (bicyclic) bond motifs is 1. The van der Waals surface area contributed by atoms with E-state index >= 15 is 0 Å². The van der Waals surface area contributed by atoms with E-state index in [9.17, 15) is 0 Å². The number of hydrogen-bond acceptors (Lipinski definition) is 2. The van der Waals surface area contributed by atoms with E-state index in [1.807, 2.05) is 0 Å². The third-order valence-electron chi connectivity index (χ3n) is 7.84. The molecule has 2 aliphatic rings. The zero-order valence-corrected chi connectivity index (χ0v) is 23.4. The first-order chi connectivity index (χ1) is 17.3. The van der Waals surface area contributed by atoms with E-state index in [2.05, 4.69) is 48.6 Å². The van der Waals surface area contributed by atoms with Crippen LogP contribution in [0.5, 0.6) is 0 Å². The quantitative estimate of drug-likeness (QED) is 0.134. The van der Waals surface area contributed by atoms with Gasteiger partial charge in [0.2, 0.25) is 0 Å². The summed E-state index contributed by atoms with van der Waals surface area (Å²) in [6, 6.07) is 0.516. The fraction of sp³-hybridized carbons (Fsp3) is 0.758. The van der Waals surface area contributed by atoms with E-state index < -0.39 is 0 Å². The molecule has 200 valence electrons. The first-order valence-corrected chi connectivity index (χ1v) is 15.5. The summed E-state index contributed by atoms with van der Waals surface area (Å²) in [7, 11) is 0. The normalized spacial score (nSPS) is 16.5. The van der Waals surface area contributed by atoms with Crippen LogP contribution in [0.25, 0.3) is 0 Å².